The van der Waals surface area contributed by atoms with Gasteiger partial charge in [0.1, 0.15) is 24.4 Å². The lowest BCUT2D eigenvalue weighted by molar-refractivity contribution is -0.271. The fraction of sp³-hybridized carbons (Fsp3) is 0.562. The zero-order chi connectivity index (χ0) is 16.8. The van der Waals surface area contributed by atoms with Gasteiger partial charge in [-0.1, -0.05) is 30.3 Å². The van der Waals surface area contributed by atoms with Gasteiger partial charge in [-0.05, 0) is 5.56 Å². The minimum atomic E-state index is -1.09. The Morgan fingerprint density at radius 3 is 2.61 bits per heavy atom. The van der Waals surface area contributed by atoms with E-state index in [-0.39, 0.29) is 19.1 Å². The van der Waals surface area contributed by atoms with E-state index in [1.54, 1.807) is 0 Å². The molecule has 23 heavy (non-hydrogen) atoms. The van der Waals surface area contributed by atoms with Crippen LogP contribution in [0, 0.1) is 0 Å². The Hall–Kier alpha value is -1.51. The van der Waals surface area contributed by atoms with Crippen molar-refractivity contribution in [2.75, 3.05) is 13.7 Å². The molecule has 1 aliphatic heterocycles. The van der Waals surface area contributed by atoms with Gasteiger partial charge in [-0.15, -0.1) is 0 Å². The highest BCUT2D eigenvalue weighted by Gasteiger charge is 2.46. The van der Waals surface area contributed by atoms with E-state index < -0.39 is 30.6 Å². The molecular weight excluding hydrogens is 302 g/mol. The highest BCUT2D eigenvalue weighted by molar-refractivity contribution is 5.73. The van der Waals surface area contributed by atoms with Crippen LogP contribution >= 0.6 is 0 Å². The third-order valence-corrected chi connectivity index (χ3v) is 3.74. The number of amides is 1. The average Bonchev–Trinajstić information content (AvgIpc) is 2.55. The van der Waals surface area contributed by atoms with Crippen LogP contribution in [-0.4, -0.2) is 60.5 Å². The third kappa shape index (κ3) is 4.49. The van der Waals surface area contributed by atoms with E-state index >= 15 is 0 Å². The first-order valence-corrected chi connectivity index (χ1v) is 7.46. The molecule has 1 aromatic rings. The van der Waals surface area contributed by atoms with E-state index in [1.165, 1.54) is 14.0 Å². The Morgan fingerprint density at radius 2 is 2.04 bits per heavy atom. The SMILES string of the molecule is CO[C@@H]1O[C@H](CO)[C@@H](O)[C@H](OCc2ccccc2)[C@H]1NC(C)=O. The number of benzene rings is 1. The van der Waals surface area contributed by atoms with Gasteiger partial charge in [0.15, 0.2) is 6.29 Å². The summed E-state index contributed by atoms with van der Waals surface area (Å²) in [4.78, 5) is 11.4. The largest absolute Gasteiger partial charge is 0.394 e. The molecule has 0 aliphatic carbocycles. The van der Waals surface area contributed by atoms with E-state index in [4.69, 9.17) is 14.2 Å². The third-order valence-electron chi connectivity index (χ3n) is 3.74. The number of carbonyl (C=O) groups excluding carboxylic acids is 1. The number of methoxy groups -OCH3 is 1. The van der Waals surface area contributed by atoms with Gasteiger partial charge in [-0.3, -0.25) is 4.79 Å². The number of hydrogen-bond acceptors (Lipinski definition) is 6. The van der Waals surface area contributed by atoms with Crippen LogP contribution in [0.3, 0.4) is 0 Å². The predicted octanol–water partition coefficient (Wildman–Crippen LogP) is -0.199. The second-order valence-corrected chi connectivity index (χ2v) is 5.44. The van der Waals surface area contributed by atoms with Crippen molar-refractivity contribution in [1.82, 2.24) is 5.32 Å². The van der Waals surface area contributed by atoms with Crippen molar-refractivity contribution < 1.29 is 29.2 Å². The van der Waals surface area contributed by atoms with Crippen molar-refractivity contribution in [3.63, 3.8) is 0 Å². The van der Waals surface area contributed by atoms with Crippen molar-refractivity contribution >= 4 is 5.91 Å². The smallest absolute Gasteiger partial charge is 0.217 e. The van der Waals surface area contributed by atoms with E-state index in [0.29, 0.717) is 0 Å². The highest BCUT2D eigenvalue weighted by atomic mass is 16.7. The van der Waals surface area contributed by atoms with E-state index in [0.717, 1.165) is 5.56 Å². The Bertz CT molecular complexity index is 497. The Labute approximate surface area is 135 Å². The van der Waals surface area contributed by atoms with Crippen LogP contribution in [0.1, 0.15) is 12.5 Å². The summed E-state index contributed by atoms with van der Waals surface area (Å²) in [6.07, 6.45) is -3.52. The summed E-state index contributed by atoms with van der Waals surface area (Å²) < 4.78 is 16.5. The molecule has 1 aliphatic rings. The Kier molecular flexibility index (Phi) is 6.49. The summed E-state index contributed by atoms with van der Waals surface area (Å²) in [5.41, 5.74) is 0.933. The molecular formula is C16H23NO6. The Morgan fingerprint density at radius 1 is 1.35 bits per heavy atom. The van der Waals surface area contributed by atoms with Crippen LogP contribution in [0.2, 0.25) is 0 Å². The molecule has 3 N–H and O–H groups in total. The Balaban J connectivity index is 2.15. The van der Waals surface area contributed by atoms with E-state index in [9.17, 15) is 15.0 Å². The zero-order valence-electron chi connectivity index (χ0n) is 13.2. The molecule has 128 valence electrons. The predicted molar refractivity (Wildman–Crippen MR) is 81.4 cm³/mol. The zero-order valence-corrected chi connectivity index (χ0v) is 13.2. The molecule has 0 spiro atoms. The van der Waals surface area contributed by atoms with Gasteiger partial charge in [0.2, 0.25) is 5.91 Å². The van der Waals surface area contributed by atoms with Gasteiger partial charge < -0.3 is 29.7 Å². The molecule has 1 heterocycles. The standard InChI is InChI=1S/C16H23NO6/c1-10(19)17-13-15(22-9-11-6-4-3-5-7-11)14(20)12(8-18)23-16(13)21-2/h3-7,12-16,18,20H,8-9H2,1-2H3,(H,17,19)/t12-,13-,14-,15-,16-/m1/s1. The number of aliphatic hydroxyl groups is 2. The van der Waals surface area contributed by atoms with Crippen LogP contribution in [0.5, 0.6) is 0 Å². The maximum absolute atomic E-state index is 11.4. The normalized spacial score (nSPS) is 30.9. The van der Waals surface area contributed by atoms with Crippen molar-refractivity contribution in [3.8, 4) is 0 Å². The van der Waals surface area contributed by atoms with Crippen LogP contribution in [0.15, 0.2) is 30.3 Å². The molecule has 1 amide bonds. The second kappa shape index (κ2) is 8.37. The van der Waals surface area contributed by atoms with Gasteiger partial charge in [-0.2, -0.15) is 0 Å². The molecule has 0 bridgehead atoms. The maximum Gasteiger partial charge on any atom is 0.217 e. The molecule has 7 nitrogen and oxygen atoms in total. The fourth-order valence-electron chi connectivity index (χ4n) is 2.62. The summed E-state index contributed by atoms with van der Waals surface area (Å²) in [6.45, 7) is 1.25. The van der Waals surface area contributed by atoms with Gasteiger partial charge >= 0.3 is 0 Å². The summed E-state index contributed by atoms with van der Waals surface area (Å²) in [5, 5.41) is 22.4. The lowest BCUT2D eigenvalue weighted by Gasteiger charge is -2.43. The van der Waals surface area contributed by atoms with E-state index in [2.05, 4.69) is 5.32 Å². The van der Waals surface area contributed by atoms with Gasteiger partial charge in [-0.25, -0.2) is 0 Å². The van der Waals surface area contributed by atoms with Crippen molar-refractivity contribution in [1.29, 1.82) is 0 Å². The molecule has 0 aromatic heterocycles. The van der Waals surface area contributed by atoms with Crippen LogP contribution in [-0.2, 0) is 25.6 Å². The molecule has 1 fully saturated rings. The molecule has 1 aromatic carbocycles. The molecule has 5 atom stereocenters. The highest BCUT2D eigenvalue weighted by Crippen LogP contribution is 2.25. The summed E-state index contributed by atoms with van der Waals surface area (Å²) in [6, 6.07) is 8.79. The van der Waals surface area contributed by atoms with Crippen LogP contribution in [0.25, 0.3) is 0 Å². The number of carbonyl (C=O) groups is 1. The maximum atomic E-state index is 11.4. The first kappa shape index (κ1) is 17.8. The van der Waals surface area contributed by atoms with Crippen molar-refractivity contribution in [2.24, 2.45) is 0 Å². The summed E-state index contributed by atoms with van der Waals surface area (Å²) in [7, 11) is 1.43. The topological polar surface area (TPSA) is 97.2 Å². The molecule has 2 rings (SSSR count). The van der Waals surface area contributed by atoms with Crippen molar-refractivity contribution in [3.05, 3.63) is 35.9 Å². The first-order valence-electron chi connectivity index (χ1n) is 7.46. The minimum Gasteiger partial charge on any atom is -0.394 e. The summed E-state index contributed by atoms with van der Waals surface area (Å²) >= 11 is 0. The minimum absolute atomic E-state index is 0.257. The number of nitrogens with one attached hydrogen (secondary N) is 1. The van der Waals surface area contributed by atoms with Crippen molar-refractivity contribution in [2.45, 2.75) is 44.2 Å². The monoisotopic (exact) mass is 325 g/mol. The van der Waals surface area contributed by atoms with Crippen LogP contribution in [0.4, 0.5) is 0 Å². The molecule has 0 unspecified atom stereocenters. The number of aliphatic hydroxyl groups excluding tert-OH is 2. The van der Waals surface area contributed by atoms with E-state index in [1.807, 2.05) is 30.3 Å². The lowest BCUT2D eigenvalue weighted by Crippen LogP contribution is -2.65. The summed E-state index contributed by atoms with van der Waals surface area (Å²) in [5.74, 6) is -0.288. The average molecular weight is 325 g/mol. The second-order valence-electron chi connectivity index (χ2n) is 5.44. The molecule has 0 saturated carbocycles. The quantitative estimate of drug-likeness (QED) is 0.670. The number of rotatable bonds is 6. The van der Waals surface area contributed by atoms with Gasteiger partial charge in [0, 0.05) is 14.0 Å². The lowest BCUT2D eigenvalue weighted by atomic mass is 9.96. The molecule has 0 radical (unpaired) electrons. The van der Waals surface area contributed by atoms with Crippen LogP contribution < -0.4 is 5.32 Å². The fourth-order valence-corrected chi connectivity index (χ4v) is 2.62. The molecule has 7 heteroatoms. The van der Waals surface area contributed by atoms with Gasteiger partial charge in [0.05, 0.1) is 13.2 Å². The number of hydrogen-bond donors (Lipinski definition) is 3. The first-order chi connectivity index (χ1) is 11.1. The van der Waals surface area contributed by atoms with Gasteiger partial charge in [0.25, 0.3) is 0 Å². The molecule has 1 saturated heterocycles. The number of ether oxygens (including phenoxy) is 3.